The van der Waals surface area contributed by atoms with Gasteiger partial charge in [-0.3, -0.25) is 4.79 Å². The molecule has 2 atom stereocenters. The summed E-state index contributed by atoms with van der Waals surface area (Å²) in [7, 11) is 0. The van der Waals surface area contributed by atoms with Crippen LogP contribution in [-0.4, -0.2) is 45.1 Å². The fourth-order valence-electron chi connectivity index (χ4n) is 3.25. The molecular weight excluding hydrogens is 414 g/mol. The molecule has 170 valence electrons. The van der Waals surface area contributed by atoms with Gasteiger partial charge in [0.05, 0.1) is 0 Å². The highest BCUT2D eigenvalue weighted by Crippen LogP contribution is 2.22. The molecule has 0 saturated carbocycles. The van der Waals surface area contributed by atoms with Crippen molar-refractivity contribution in [3.63, 3.8) is 0 Å². The van der Waals surface area contributed by atoms with Crippen LogP contribution in [0.3, 0.4) is 0 Å². The van der Waals surface area contributed by atoms with Gasteiger partial charge < -0.3 is 36.1 Å². The van der Waals surface area contributed by atoms with Gasteiger partial charge in [0.15, 0.2) is 6.04 Å². The van der Waals surface area contributed by atoms with E-state index in [0.29, 0.717) is 12.0 Å². The number of rotatable bonds is 7. The van der Waals surface area contributed by atoms with E-state index in [9.17, 15) is 19.8 Å². The van der Waals surface area contributed by atoms with E-state index in [-0.39, 0.29) is 12.2 Å². The van der Waals surface area contributed by atoms with Crippen LogP contribution in [0, 0.1) is 6.92 Å². The second-order valence-corrected chi connectivity index (χ2v) is 7.47. The van der Waals surface area contributed by atoms with Crippen LogP contribution < -0.4 is 16.2 Å². The Morgan fingerprint density at radius 3 is 2.34 bits per heavy atom. The number of phenolic OH excluding ortho intramolecular Hbond substituents is 1. The van der Waals surface area contributed by atoms with Crippen LogP contribution in [-0.2, 0) is 27.2 Å². The van der Waals surface area contributed by atoms with Crippen LogP contribution in [0.5, 0.6) is 5.75 Å². The Hall–Kier alpha value is -3.85. The maximum absolute atomic E-state index is 12.5. The van der Waals surface area contributed by atoms with Crippen LogP contribution in [0.15, 0.2) is 48.7 Å². The number of benzene rings is 2. The molecule has 0 aliphatic rings. The van der Waals surface area contributed by atoms with Gasteiger partial charge in [0.1, 0.15) is 11.8 Å². The Morgan fingerprint density at radius 1 is 1.12 bits per heavy atom. The summed E-state index contributed by atoms with van der Waals surface area (Å²) in [5, 5.41) is 31.3. The number of quaternary nitrogens is 1. The maximum Gasteiger partial charge on any atom is 0.326 e. The highest BCUT2D eigenvalue weighted by Gasteiger charge is 2.26. The van der Waals surface area contributed by atoms with Crippen LogP contribution in [0.2, 0.25) is 0 Å². The van der Waals surface area contributed by atoms with Crippen molar-refractivity contribution in [3.8, 4) is 5.75 Å². The molecule has 7 N–H and O–H groups in total. The normalized spacial score (nSPS) is 12.3. The van der Waals surface area contributed by atoms with Crippen LogP contribution >= 0.6 is 0 Å². The summed E-state index contributed by atoms with van der Waals surface area (Å²) in [6, 6.07) is 10.5. The molecule has 0 aliphatic carbocycles. The lowest BCUT2D eigenvalue weighted by molar-refractivity contribution is -0.403. The summed E-state index contributed by atoms with van der Waals surface area (Å²) < 4.78 is 0. The lowest BCUT2D eigenvalue weighted by Crippen LogP contribution is -2.69. The number of carbonyl (C=O) groups excluding carboxylic acids is 2. The number of hydrogen-bond acceptors (Lipinski definition) is 5. The number of amides is 1. The Kier molecular flexibility index (Phi) is 8.37. The summed E-state index contributed by atoms with van der Waals surface area (Å²) >= 11 is 0. The second-order valence-electron chi connectivity index (χ2n) is 7.47. The van der Waals surface area contributed by atoms with Crippen LogP contribution in [0.4, 0.5) is 0 Å². The summed E-state index contributed by atoms with van der Waals surface area (Å²) in [5.74, 6) is -2.50. The van der Waals surface area contributed by atoms with Crippen LogP contribution in [0.25, 0.3) is 10.9 Å². The summed E-state index contributed by atoms with van der Waals surface area (Å²) in [6.45, 7) is 2.98. The molecule has 0 spiro atoms. The maximum atomic E-state index is 12.5. The van der Waals surface area contributed by atoms with E-state index in [4.69, 9.17) is 9.90 Å². The highest BCUT2D eigenvalue weighted by molar-refractivity contribution is 5.89. The monoisotopic (exact) mass is 441 g/mol. The van der Waals surface area contributed by atoms with Gasteiger partial charge in [-0.25, -0.2) is 4.79 Å². The molecule has 0 aliphatic heterocycles. The number of para-hydroxylation sites is 1. The number of aromatic nitrogens is 1. The third kappa shape index (κ3) is 6.85. The number of carboxylic acids is 2. The first-order chi connectivity index (χ1) is 15.1. The van der Waals surface area contributed by atoms with Crippen molar-refractivity contribution in [2.24, 2.45) is 0 Å². The molecule has 1 amide bonds. The van der Waals surface area contributed by atoms with Gasteiger partial charge in [-0.05, 0) is 42.7 Å². The first-order valence-electron chi connectivity index (χ1n) is 9.95. The number of fused-ring (bicyclic) bond motifs is 1. The Balaban J connectivity index is 0.000000837. The average molecular weight is 441 g/mol. The van der Waals surface area contributed by atoms with E-state index in [0.717, 1.165) is 29.0 Å². The van der Waals surface area contributed by atoms with E-state index < -0.39 is 29.9 Å². The molecule has 1 heterocycles. The lowest BCUT2D eigenvalue weighted by atomic mass is 10.0. The number of aromatic amines is 1. The zero-order valence-electron chi connectivity index (χ0n) is 17.9. The van der Waals surface area contributed by atoms with Crippen molar-refractivity contribution < 1.29 is 35.4 Å². The number of carbonyl (C=O) groups is 3. The summed E-state index contributed by atoms with van der Waals surface area (Å²) in [5.41, 5.74) is 7.75. The van der Waals surface area contributed by atoms with Crippen molar-refractivity contribution in [1.29, 1.82) is 0 Å². The molecule has 0 radical (unpaired) electrons. The Bertz CT molecular complexity index is 1090. The molecule has 32 heavy (non-hydrogen) atoms. The molecule has 1 aromatic heterocycles. The Labute approximate surface area is 184 Å². The number of aryl methyl sites for hydroxylation is 1. The van der Waals surface area contributed by atoms with Gasteiger partial charge in [0, 0.05) is 35.9 Å². The minimum atomic E-state index is -1.11. The molecule has 9 nitrogen and oxygen atoms in total. The predicted molar refractivity (Wildman–Crippen MR) is 115 cm³/mol. The smallest absolute Gasteiger partial charge is 0.326 e. The van der Waals surface area contributed by atoms with Crippen LogP contribution in [0.1, 0.15) is 23.6 Å². The molecule has 3 aromatic rings. The predicted octanol–water partition coefficient (Wildman–Crippen LogP) is -0.0968. The van der Waals surface area contributed by atoms with E-state index in [1.165, 1.54) is 12.1 Å². The number of carboxylic acid groups (broad SMARTS) is 2. The summed E-state index contributed by atoms with van der Waals surface area (Å²) in [6.07, 6.45) is 2.40. The second kappa shape index (κ2) is 11.0. The molecule has 9 heteroatoms. The number of phenols is 1. The van der Waals surface area contributed by atoms with Crippen molar-refractivity contribution >= 4 is 28.7 Å². The van der Waals surface area contributed by atoms with Crippen molar-refractivity contribution in [2.75, 3.05) is 0 Å². The minimum Gasteiger partial charge on any atom is -0.550 e. The fourth-order valence-corrected chi connectivity index (χ4v) is 3.25. The van der Waals surface area contributed by atoms with Gasteiger partial charge >= 0.3 is 5.97 Å². The number of aromatic hydroxyl groups is 1. The lowest BCUT2D eigenvalue weighted by Gasteiger charge is -2.16. The van der Waals surface area contributed by atoms with E-state index in [1.807, 2.05) is 31.3 Å². The third-order valence-corrected chi connectivity index (χ3v) is 4.84. The van der Waals surface area contributed by atoms with E-state index in [1.54, 1.807) is 12.1 Å². The van der Waals surface area contributed by atoms with Crippen molar-refractivity contribution in [3.05, 3.63) is 65.4 Å². The molecule has 2 aromatic carbocycles. The quantitative estimate of drug-likeness (QED) is 0.343. The standard InChI is InChI=1S/C21H23N3O4.C2H4O2/c1-12-3-2-4-16-14(11-23-19(12)16)10-17(22)20(26)24-18(21(27)28)9-13-5-7-15(25)8-6-13;1-2(3)4/h2-8,11,17-18,23,25H,9-10,22H2,1H3,(H,24,26)(H,27,28);1H3,(H,3,4)/t17-,18-;/m0./s1. The molecule has 0 unspecified atom stereocenters. The number of hydrogen-bond donors (Lipinski definition) is 5. The topological polar surface area (TPSA) is 170 Å². The zero-order chi connectivity index (χ0) is 23.8. The van der Waals surface area contributed by atoms with Gasteiger partial charge in [-0.1, -0.05) is 30.3 Å². The Morgan fingerprint density at radius 2 is 1.75 bits per heavy atom. The first kappa shape index (κ1) is 24.4. The van der Waals surface area contributed by atoms with Crippen molar-refractivity contribution in [2.45, 2.75) is 38.8 Å². The largest absolute Gasteiger partial charge is 0.550 e. The molecule has 0 fully saturated rings. The average Bonchev–Trinajstić information content (AvgIpc) is 3.12. The number of aliphatic carboxylic acids is 2. The molecule has 3 rings (SSSR count). The first-order valence-corrected chi connectivity index (χ1v) is 9.95. The van der Waals surface area contributed by atoms with Gasteiger partial charge in [-0.2, -0.15) is 0 Å². The summed E-state index contributed by atoms with van der Waals surface area (Å²) in [4.78, 5) is 36.2. The fraction of sp³-hybridized carbons (Fsp3) is 0.261. The van der Waals surface area contributed by atoms with Crippen molar-refractivity contribution in [1.82, 2.24) is 10.3 Å². The molecule has 0 bridgehead atoms. The van der Waals surface area contributed by atoms with Gasteiger partial charge in [0.2, 0.25) is 0 Å². The van der Waals surface area contributed by atoms with Gasteiger partial charge in [0.25, 0.3) is 5.91 Å². The number of H-pyrrole nitrogens is 1. The van der Waals surface area contributed by atoms with Gasteiger partial charge in [-0.15, -0.1) is 0 Å². The van der Waals surface area contributed by atoms with E-state index >= 15 is 0 Å². The zero-order valence-corrected chi connectivity index (χ0v) is 17.9. The minimum absolute atomic E-state index is 0.103. The third-order valence-electron chi connectivity index (χ3n) is 4.84. The van der Waals surface area contributed by atoms with E-state index in [2.05, 4.69) is 16.0 Å². The SMILES string of the molecule is CC(=O)[O-].Cc1cccc2c(C[C@H]([NH3+])C(=O)N[C@@H](Cc3ccc(O)cc3)C(=O)O)c[nH]c12. The molecular formula is C23H27N3O6. The highest BCUT2D eigenvalue weighted by atomic mass is 16.4. The molecule has 0 saturated heterocycles. The number of nitrogens with one attached hydrogen (secondary N) is 2.